The van der Waals surface area contributed by atoms with E-state index in [-0.39, 0.29) is 35.5 Å². The number of amides is 2. The number of nitrogens with zero attached hydrogens (tertiary/aromatic N) is 3. The quantitative estimate of drug-likeness (QED) is 0.267. The van der Waals surface area contributed by atoms with E-state index in [1.54, 1.807) is 12.1 Å². The summed E-state index contributed by atoms with van der Waals surface area (Å²) in [5.41, 5.74) is 8.96. The van der Waals surface area contributed by atoms with Gasteiger partial charge in [0.15, 0.2) is 12.3 Å². The summed E-state index contributed by atoms with van der Waals surface area (Å²) in [5, 5.41) is 0.580. The van der Waals surface area contributed by atoms with Gasteiger partial charge < -0.3 is 14.5 Å². The normalized spacial score (nSPS) is 27.1. The molecule has 0 aromatic heterocycles. The van der Waals surface area contributed by atoms with Crippen LogP contribution in [0.3, 0.4) is 0 Å². The average molecular weight is 697 g/mol. The zero-order chi connectivity index (χ0) is 35.1. The summed E-state index contributed by atoms with van der Waals surface area (Å²) in [6.07, 6.45) is 7.23. The molecule has 7 aliphatic rings. The molecule has 11 nitrogen and oxygen atoms in total. The van der Waals surface area contributed by atoms with Gasteiger partial charge in [0.1, 0.15) is 0 Å². The van der Waals surface area contributed by atoms with E-state index in [4.69, 9.17) is 9.57 Å². The van der Waals surface area contributed by atoms with Crippen molar-refractivity contribution in [2.45, 2.75) is 87.7 Å². The van der Waals surface area contributed by atoms with Crippen LogP contribution in [0.15, 0.2) is 75.9 Å². The van der Waals surface area contributed by atoms with Gasteiger partial charge >= 0.3 is 5.97 Å². The molecule has 2 amide bonds. The number of anilines is 1. The van der Waals surface area contributed by atoms with E-state index < -0.39 is 38.7 Å². The molecule has 2 aromatic rings. The third-order valence-electron chi connectivity index (χ3n) is 11.8. The first-order valence-electron chi connectivity index (χ1n) is 17.3. The Morgan fingerprint density at radius 3 is 2.46 bits per heavy atom. The standard InChI is InChI=1S/C38H37N3O8S/c1-37(2)26-17-21(36(44)49-41-32(42)9-10-33(41)43)5-7-28(26)40-14-12-30-25(35(37)40)16-22-15-24-20(18-31(22)48-30)11-13-39-29-8-6-23(50(45,46)47)19-27(29)38(3,4)34(24)39/h5-8,15-17,19-20,30-31H,9-14,18H2,1-4H3/p+1/t20-,30-,31+/m1/s1. The monoisotopic (exact) mass is 696 g/mol. The summed E-state index contributed by atoms with van der Waals surface area (Å²) >= 11 is 0. The van der Waals surface area contributed by atoms with E-state index in [2.05, 4.69) is 49.3 Å². The summed E-state index contributed by atoms with van der Waals surface area (Å²) in [4.78, 5) is 44.7. The highest BCUT2D eigenvalue weighted by atomic mass is 32.2. The zero-order valence-corrected chi connectivity index (χ0v) is 29.2. The molecule has 1 fully saturated rings. The minimum absolute atomic E-state index is 0.0286. The molecule has 6 aliphatic heterocycles. The van der Waals surface area contributed by atoms with E-state index in [9.17, 15) is 27.4 Å². The van der Waals surface area contributed by atoms with Crippen molar-refractivity contribution in [3.05, 3.63) is 87.7 Å². The van der Waals surface area contributed by atoms with Gasteiger partial charge in [0, 0.05) is 59.8 Å². The molecule has 9 rings (SSSR count). The van der Waals surface area contributed by atoms with E-state index in [1.165, 1.54) is 17.3 Å². The van der Waals surface area contributed by atoms with Crippen LogP contribution in [0.25, 0.3) is 0 Å². The van der Waals surface area contributed by atoms with Crippen LogP contribution in [0.4, 0.5) is 11.4 Å². The zero-order valence-electron chi connectivity index (χ0n) is 28.4. The number of hydroxylamine groups is 2. The van der Waals surface area contributed by atoms with Gasteiger partial charge in [-0.15, -0.1) is 5.06 Å². The fourth-order valence-electron chi connectivity index (χ4n) is 9.51. The van der Waals surface area contributed by atoms with Crippen molar-refractivity contribution in [3.63, 3.8) is 0 Å². The summed E-state index contributed by atoms with van der Waals surface area (Å²) < 4.78 is 43.1. The number of fused-ring (bicyclic) bond motifs is 9. The molecule has 3 atom stereocenters. The van der Waals surface area contributed by atoms with E-state index in [0.29, 0.717) is 11.0 Å². The van der Waals surface area contributed by atoms with Crippen LogP contribution in [0.2, 0.25) is 0 Å². The van der Waals surface area contributed by atoms with Gasteiger partial charge in [0.25, 0.3) is 21.9 Å². The van der Waals surface area contributed by atoms with Crippen molar-refractivity contribution < 1.29 is 41.5 Å². The second-order valence-corrected chi connectivity index (χ2v) is 16.8. The molecule has 12 heteroatoms. The van der Waals surface area contributed by atoms with Crippen LogP contribution in [0.5, 0.6) is 0 Å². The molecule has 0 unspecified atom stereocenters. The molecule has 1 saturated heterocycles. The lowest BCUT2D eigenvalue weighted by molar-refractivity contribution is -0.445. The second kappa shape index (κ2) is 10.3. The Labute approximate surface area is 290 Å². The van der Waals surface area contributed by atoms with Crippen LogP contribution in [0, 0.1) is 5.92 Å². The Balaban J connectivity index is 1.09. The summed E-state index contributed by atoms with van der Waals surface area (Å²) in [5.74, 6) is -1.46. The SMILES string of the molecule is CC1(C)C2=C3C=C4C=C5C6=[N+](CC[C@H]5O[C@H]4C[C@H]3CCN2c2ccc(S(=O)(=O)O)cc21)c1ccc(C(=O)ON2C(=O)CCC2=O)cc1C6(C)C. The Morgan fingerprint density at radius 2 is 1.72 bits per heavy atom. The molecular weight excluding hydrogens is 658 g/mol. The first kappa shape index (κ1) is 31.6. The maximum absolute atomic E-state index is 13.1. The lowest BCUT2D eigenvalue weighted by atomic mass is 9.71. The minimum atomic E-state index is -4.34. The average Bonchev–Trinajstić information content (AvgIpc) is 3.61. The molecule has 0 saturated carbocycles. The molecular formula is C38H38N3O8S+. The van der Waals surface area contributed by atoms with Gasteiger partial charge in [0.2, 0.25) is 5.69 Å². The maximum Gasteiger partial charge on any atom is 0.363 e. The number of carbonyl (C=O) groups is 3. The molecule has 0 radical (unpaired) electrons. The van der Waals surface area contributed by atoms with Gasteiger partial charge in [-0.3, -0.25) is 14.1 Å². The van der Waals surface area contributed by atoms with Crippen molar-refractivity contribution in [3.8, 4) is 0 Å². The highest BCUT2D eigenvalue weighted by Gasteiger charge is 2.54. The number of imide groups is 1. The van der Waals surface area contributed by atoms with Crippen molar-refractivity contribution in [2.75, 3.05) is 18.0 Å². The van der Waals surface area contributed by atoms with Gasteiger partial charge in [-0.1, -0.05) is 19.9 Å². The molecule has 258 valence electrons. The molecule has 0 bridgehead atoms. The van der Waals surface area contributed by atoms with Crippen LogP contribution < -0.4 is 4.90 Å². The number of rotatable bonds is 3. The Bertz CT molecular complexity index is 2210. The third kappa shape index (κ3) is 4.37. The third-order valence-corrected chi connectivity index (χ3v) is 12.7. The van der Waals surface area contributed by atoms with Crippen LogP contribution in [-0.2, 0) is 40.1 Å². The fourth-order valence-corrected chi connectivity index (χ4v) is 10.0. The number of allylic oxidation sites excluding steroid dienone is 3. The Kier molecular flexibility index (Phi) is 6.53. The number of carbonyl (C=O) groups excluding carboxylic acids is 3. The molecule has 0 spiro atoms. The highest BCUT2D eigenvalue weighted by Crippen LogP contribution is 2.55. The lowest BCUT2D eigenvalue weighted by Gasteiger charge is -2.44. The van der Waals surface area contributed by atoms with Crippen LogP contribution in [-0.4, -0.2) is 71.4 Å². The number of hydrogen-bond acceptors (Lipinski definition) is 8. The lowest BCUT2D eigenvalue weighted by Crippen LogP contribution is -2.46. The predicted molar refractivity (Wildman–Crippen MR) is 182 cm³/mol. The topological polar surface area (TPSA) is 134 Å². The van der Waals surface area contributed by atoms with E-state index in [0.717, 1.165) is 71.7 Å². The van der Waals surface area contributed by atoms with Crippen molar-refractivity contribution in [1.82, 2.24) is 5.06 Å². The molecule has 1 N–H and O–H groups in total. The van der Waals surface area contributed by atoms with Crippen molar-refractivity contribution >= 4 is 45.0 Å². The van der Waals surface area contributed by atoms with Gasteiger partial charge in [0.05, 0.1) is 28.1 Å². The van der Waals surface area contributed by atoms with E-state index >= 15 is 0 Å². The van der Waals surface area contributed by atoms with Gasteiger partial charge in [-0.25, -0.2) is 4.79 Å². The number of ether oxygens (including phenoxy) is 1. The van der Waals surface area contributed by atoms with Crippen LogP contribution >= 0.6 is 0 Å². The maximum atomic E-state index is 13.1. The molecule has 1 aliphatic carbocycles. The summed E-state index contributed by atoms with van der Waals surface area (Å²) in [6, 6.07) is 10.3. The van der Waals surface area contributed by atoms with Crippen molar-refractivity contribution in [1.29, 1.82) is 0 Å². The first-order chi connectivity index (χ1) is 23.6. The Hall–Kier alpha value is -4.39. The summed E-state index contributed by atoms with van der Waals surface area (Å²) in [7, 11) is -4.34. The Morgan fingerprint density at radius 1 is 0.960 bits per heavy atom. The van der Waals surface area contributed by atoms with Gasteiger partial charge in [-0.05, 0) is 85.7 Å². The first-order valence-corrected chi connectivity index (χ1v) is 18.7. The smallest absolute Gasteiger partial charge is 0.363 e. The minimum Gasteiger partial charge on any atom is -0.365 e. The number of benzene rings is 2. The molecule has 6 heterocycles. The van der Waals surface area contributed by atoms with Gasteiger partial charge in [-0.2, -0.15) is 13.0 Å². The second-order valence-electron chi connectivity index (χ2n) is 15.4. The summed E-state index contributed by atoms with van der Waals surface area (Å²) in [6.45, 7) is 10.1. The van der Waals surface area contributed by atoms with Crippen LogP contribution in [0.1, 0.15) is 81.3 Å². The molecule has 50 heavy (non-hydrogen) atoms. The van der Waals surface area contributed by atoms with Crippen molar-refractivity contribution in [2.24, 2.45) is 5.92 Å². The highest BCUT2D eigenvalue weighted by molar-refractivity contribution is 7.85. The largest absolute Gasteiger partial charge is 0.365 e. The van der Waals surface area contributed by atoms with E-state index in [1.807, 2.05) is 18.2 Å². The number of hydrogen-bond donors (Lipinski definition) is 1. The molecule has 2 aromatic carbocycles. The predicted octanol–water partition coefficient (Wildman–Crippen LogP) is 5.03. The fraction of sp³-hybridized carbons (Fsp3) is 0.421.